The van der Waals surface area contributed by atoms with E-state index < -0.39 is 23.3 Å². The topological polar surface area (TPSA) is 76.2 Å². The van der Waals surface area contributed by atoms with Crippen LogP contribution in [0.25, 0.3) is 0 Å². The molecule has 3 rings (SSSR count). The summed E-state index contributed by atoms with van der Waals surface area (Å²) in [5.41, 5.74) is 1.60. The molecule has 0 fully saturated rings. The molecule has 164 valence electrons. The number of thioether (sulfide) groups is 1. The van der Waals surface area contributed by atoms with Crippen LogP contribution in [0.4, 0.5) is 5.69 Å². The number of benzene rings is 2. The van der Waals surface area contributed by atoms with E-state index in [9.17, 15) is 14.4 Å². The highest BCUT2D eigenvalue weighted by Gasteiger charge is 2.40. The Kier molecular flexibility index (Phi) is 7.35. The second-order valence-corrected chi connectivity index (χ2v) is 8.68. The van der Waals surface area contributed by atoms with E-state index in [1.165, 1.54) is 25.6 Å². The van der Waals surface area contributed by atoms with Crippen LogP contribution in [0.1, 0.15) is 24.7 Å². The molecule has 0 spiro atoms. The molecule has 2 atom stereocenters. The van der Waals surface area contributed by atoms with E-state index in [2.05, 4.69) is 0 Å². The molecule has 1 heterocycles. The van der Waals surface area contributed by atoms with Gasteiger partial charge in [0, 0.05) is 31.8 Å². The van der Waals surface area contributed by atoms with Crippen LogP contribution < -0.4 is 9.64 Å². The van der Waals surface area contributed by atoms with Gasteiger partial charge in [0.05, 0.1) is 10.9 Å². The molecule has 2 aromatic carbocycles. The number of carbonyl (C=O) groups excluding carboxylic acids is 3. The van der Waals surface area contributed by atoms with E-state index in [0.717, 1.165) is 16.1 Å². The second-order valence-electron chi connectivity index (χ2n) is 7.49. The maximum absolute atomic E-state index is 13.6. The Morgan fingerprint density at radius 3 is 2.32 bits per heavy atom. The standard InChI is InChI=1S/C23H26N2O5S/c1-15(26)29-18-11-9-17(10-12-18)22-21(30-16(2)27)23(28)25(14-13-24(3)4)19-7-5-6-8-20(19)31-22/h5-12,21-22H,13-14H2,1-4H3/t21-,22+/m0/s1. The number of esters is 2. The second kappa shape index (κ2) is 9.98. The van der Waals surface area contributed by atoms with Crippen LogP contribution in [-0.2, 0) is 19.1 Å². The maximum atomic E-state index is 13.6. The predicted octanol–water partition coefficient (Wildman–Crippen LogP) is 3.29. The largest absolute Gasteiger partial charge is 0.451 e. The van der Waals surface area contributed by atoms with Gasteiger partial charge in [0.15, 0.2) is 6.10 Å². The number of carbonyl (C=O) groups is 3. The summed E-state index contributed by atoms with van der Waals surface area (Å²) in [6.07, 6.45) is -0.989. The molecule has 0 N–H and O–H groups in total. The molecule has 1 aliphatic rings. The maximum Gasteiger partial charge on any atom is 0.308 e. The lowest BCUT2D eigenvalue weighted by Gasteiger charge is -2.28. The Labute approximate surface area is 186 Å². The zero-order valence-corrected chi connectivity index (χ0v) is 18.8. The number of hydrogen-bond donors (Lipinski definition) is 0. The predicted molar refractivity (Wildman–Crippen MR) is 119 cm³/mol. The summed E-state index contributed by atoms with van der Waals surface area (Å²) in [4.78, 5) is 41.3. The molecule has 0 aliphatic carbocycles. The quantitative estimate of drug-likeness (QED) is 0.502. The normalized spacial score (nSPS) is 18.4. The Hall–Kier alpha value is -2.84. The molecule has 0 unspecified atom stereocenters. The van der Waals surface area contributed by atoms with Gasteiger partial charge in [-0.25, -0.2) is 0 Å². The lowest BCUT2D eigenvalue weighted by molar-refractivity contribution is -0.152. The van der Waals surface area contributed by atoms with Crippen molar-refractivity contribution in [3.05, 3.63) is 54.1 Å². The van der Waals surface area contributed by atoms with Crippen molar-refractivity contribution in [2.45, 2.75) is 30.1 Å². The molecule has 1 aliphatic heterocycles. The van der Waals surface area contributed by atoms with E-state index in [4.69, 9.17) is 9.47 Å². The molecule has 0 bridgehead atoms. The SMILES string of the molecule is CC(=O)Oc1ccc([C@H]2Sc3ccccc3N(CCN(C)C)C(=O)[C@H]2OC(C)=O)cc1. The van der Waals surface area contributed by atoms with Crippen LogP contribution in [0.2, 0.25) is 0 Å². The minimum Gasteiger partial charge on any atom is -0.451 e. The highest BCUT2D eigenvalue weighted by Crippen LogP contribution is 2.46. The van der Waals surface area contributed by atoms with Gasteiger partial charge in [0.2, 0.25) is 0 Å². The summed E-state index contributed by atoms with van der Waals surface area (Å²) in [7, 11) is 3.89. The van der Waals surface area contributed by atoms with E-state index in [1.807, 2.05) is 43.3 Å². The van der Waals surface area contributed by atoms with Crippen molar-refractivity contribution in [2.24, 2.45) is 0 Å². The van der Waals surface area contributed by atoms with Gasteiger partial charge < -0.3 is 19.3 Å². The van der Waals surface area contributed by atoms with Crippen LogP contribution in [0.5, 0.6) is 5.75 Å². The fraction of sp³-hybridized carbons (Fsp3) is 0.348. The number of hydrogen-bond acceptors (Lipinski definition) is 7. The van der Waals surface area contributed by atoms with Crippen molar-refractivity contribution < 1.29 is 23.9 Å². The van der Waals surface area contributed by atoms with Crippen molar-refractivity contribution in [3.63, 3.8) is 0 Å². The van der Waals surface area contributed by atoms with E-state index in [-0.39, 0.29) is 5.91 Å². The van der Waals surface area contributed by atoms with Gasteiger partial charge in [-0.2, -0.15) is 0 Å². The first kappa shape index (κ1) is 22.8. The molecule has 31 heavy (non-hydrogen) atoms. The molecule has 7 nitrogen and oxygen atoms in total. The smallest absolute Gasteiger partial charge is 0.308 e. The number of fused-ring (bicyclic) bond motifs is 1. The van der Waals surface area contributed by atoms with E-state index >= 15 is 0 Å². The fourth-order valence-electron chi connectivity index (χ4n) is 3.34. The lowest BCUT2D eigenvalue weighted by Crippen LogP contribution is -2.45. The molecule has 0 saturated heterocycles. The summed E-state index contributed by atoms with van der Waals surface area (Å²) in [6.45, 7) is 3.78. The third kappa shape index (κ3) is 5.65. The first-order valence-corrected chi connectivity index (χ1v) is 10.8. The molecule has 1 amide bonds. The third-order valence-electron chi connectivity index (χ3n) is 4.73. The number of rotatable bonds is 6. The Balaban J connectivity index is 2.03. The average Bonchev–Trinajstić information content (AvgIpc) is 2.81. The number of para-hydroxylation sites is 1. The van der Waals surface area contributed by atoms with Crippen LogP contribution >= 0.6 is 11.8 Å². The number of amides is 1. The van der Waals surface area contributed by atoms with Crippen LogP contribution in [0.3, 0.4) is 0 Å². The highest BCUT2D eigenvalue weighted by atomic mass is 32.2. The molecule has 8 heteroatoms. The Morgan fingerprint density at radius 1 is 1.03 bits per heavy atom. The van der Waals surface area contributed by atoms with Crippen molar-refractivity contribution >= 4 is 35.3 Å². The zero-order valence-electron chi connectivity index (χ0n) is 18.0. The van der Waals surface area contributed by atoms with Crippen molar-refractivity contribution in [2.75, 3.05) is 32.1 Å². The van der Waals surface area contributed by atoms with Crippen LogP contribution in [0.15, 0.2) is 53.4 Å². The average molecular weight is 443 g/mol. The number of anilines is 1. The Morgan fingerprint density at radius 2 is 1.71 bits per heavy atom. The van der Waals surface area contributed by atoms with Crippen LogP contribution in [0, 0.1) is 0 Å². The summed E-state index contributed by atoms with van der Waals surface area (Å²) >= 11 is 1.48. The van der Waals surface area contributed by atoms with Gasteiger partial charge in [0.1, 0.15) is 5.75 Å². The van der Waals surface area contributed by atoms with E-state index in [0.29, 0.717) is 18.8 Å². The first-order valence-electron chi connectivity index (χ1n) is 9.93. The number of ether oxygens (including phenoxy) is 2. The van der Waals surface area contributed by atoms with Crippen molar-refractivity contribution in [3.8, 4) is 5.75 Å². The van der Waals surface area contributed by atoms with Gasteiger partial charge in [0.25, 0.3) is 5.91 Å². The summed E-state index contributed by atoms with van der Waals surface area (Å²) in [5, 5.41) is -0.451. The number of nitrogens with zero attached hydrogens (tertiary/aromatic N) is 2. The summed E-state index contributed by atoms with van der Waals surface area (Å²) < 4.78 is 10.7. The fourth-order valence-corrected chi connectivity index (χ4v) is 4.65. The first-order chi connectivity index (χ1) is 14.8. The minimum absolute atomic E-state index is 0.261. The van der Waals surface area contributed by atoms with Gasteiger partial charge in [-0.3, -0.25) is 14.4 Å². The monoisotopic (exact) mass is 442 g/mol. The van der Waals surface area contributed by atoms with Gasteiger partial charge >= 0.3 is 11.9 Å². The van der Waals surface area contributed by atoms with Crippen molar-refractivity contribution in [1.82, 2.24) is 4.90 Å². The molecule has 0 saturated carbocycles. The third-order valence-corrected chi connectivity index (χ3v) is 6.10. The van der Waals surface area contributed by atoms with E-state index in [1.54, 1.807) is 29.2 Å². The molecule has 0 radical (unpaired) electrons. The molecule has 0 aromatic heterocycles. The Bertz CT molecular complexity index is 961. The zero-order chi connectivity index (χ0) is 22.5. The highest BCUT2D eigenvalue weighted by molar-refractivity contribution is 7.99. The molecule has 2 aromatic rings. The van der Waals surface area contributed by atoms with Gasteiger partial charge in [-0.05, 0) is 43.9 Å². The van der Waals surface area contributed by atoms with Gasteiger partial charge in [-0.15, -0.1) is 11.8 Å². The summed E-state index contributed by atoms with van der Waals surface area (Å²) in [6, 6.07) is 14.6. The summed E-state index contributed by atoms with van der Waals surface area (Å²) in [5.74, 6) is -0.768. The lowest BCUT2D eigenvalue weighted by atomic mass is 10.1. The molecular formula is C23H26N2O5S. The van der Waals surface area contributed by atoms with Gasteiger partial charge in [-0.1, -0.05) is 24.3 Å². The minimum atomic E-state index is -0.989. The van der Waals surface area contributed by atoms with Crippen molar-refractivity contribution in [1.29, 1.82) is 0 Å². The molecular weight excluding hydrogens is 416 g/mol. The van der Waals surface area contributed by atoms with Crippen LogP contribution in [-0.4, -0.2) is 56.0 Å². The number of likely N-dealkylation sites (N-methyl/N-ethyl adjacent to an activating group) is 1.